The maximum atomic E-state index is 11.5. The highest BCUT2D eigenvalue weighted by atomic mass is 16.7. The predicted molar refractivity (Wildman–Crippen MR) is 111 cm³/mol. The fourth-order valence-electron chi connectivity index (χ4n) is 3.86. The third-order valence-electron chi connectivity index (χ3n) is 6.68. The number of hydrogen-bond acceptors (Lipinski definition) is 3. The molecular formula is C23H27BO4. The summed E-state index contributed by atoms with van der Waals surface area (Å²) in [5.41, 5.74) is 3.89. The fraction of sp³-hybridized carbons (Fsp3) is 0.435. The summed E-state index contributed by atoms with van der Waals surface area (Å²) in [5.74, 6) is -0.719. The van der Waals surface area contributed by atoms with Crippen molar-refractivity contribution in [2.75, 3.05) is 0 Å². The molecule has 2 fully saturated rings. The second kappa shape index (κ2) is 6.20. The maximum Gasteiger partial charge on any atom is 0.494 e. The van der Waals surface area contributed by atoms with Crippen LogP contribution < -0.4 is 5.46 Å². The molecule has 1 aliphatic heterocycles. The monoisotopic (exact) mass is 378 g/mol. The summed E-state index contributed by atoms with van der Waals surface area (Å²) < 4.78 is 12.3. The molecule has 4 rings (SSSR count). The van der Waals surface area contributed by atoms with Crippen molar-refractivity contribution >= 4 is 18.6 Å². The standard InChI is InChI=1S/C23H27BO4/c1-15-14-18(24-27-21(2,3)22(4,5)28-24)10-11-19(15)16-6-8-17(9-7-16)23(12-13-23)20(25)26/h6-11,14H,12-13H2,1-5H3,(H,25,26). The Bertz CT molecular complexity index is 910. The first-order valence-corrected chi connectivity index (χ1v) is 9.86. The number of rotatable bonds is 4. The average molecular weight is 378 g/mol. The van der Waals surface area contributed by atoms with Gasteiger partial charge in [0.15, 0.2) is 0 Å². The zero-order chi connectivity index (χ0) is 20.3. The molecule has 146 valence electrons. The second-order valence-corrected chi connectivity index (χ2v) is 9.13. The Kier molecular flexibility index (Phi) is 4.25. The molecule has 0 radical (unpaired) electrons. The van der Waals surface area contributed by atoms with Crippen molar-refractivity contribution in [2.24, 2.45) is 0 Å². The van der Waals surface area contributed by atoms with Gasteiger partial charge in [-0.2, -0.15) is 0 Å². The van der Waals surface area contributed by atoms with Gasteiger partial charge in [-0.1, -0.05) is 42.5 Å². The first-order valence-electron chi connectivity index (χ1n) is 9.86. The SMILES string of the molecule is Cc1cc(B2OC(C)(C)C(C)(C)O2)ccc1-c1ccc(C2(C(=O)O)CC2)cc1. The first-order chi connectivity index (χ1) is 13.1. The molecule has 0 unspecified atom stereocenters. The van der Waals surface area contributed by atoms with Crippen LogP contribution in [0.15, 0.2) is 42.5 Å². The molecule has 0 bridgehead atoms. The Labute approximate surface area is 167 Å². The largest absolute Gasteiger partial charge is 0.494 e. The molecular weight excluding hydrogens is 351 g/mol. The lowest BCUT2D eigenvalue weighted by molar-refractivity contribution is -0.140. The summed E-state index contributed by atoms with van der Waals surface area (Å²) in [6.45, 7) is 10.3. The summed E-state index contributed by atoms with van der Waals surface area (Å²) in [6, 6.07) is 14.2. The Morgan fingerprint density at radius 3 is 2.00 bits per heavy atom. The molecule has 1 saturated carbocycles. The molecule has 2 aromatic carbocycles. The van der Waals surface area contributed by atoms with Crippen LogP contribution in [-0.2, 0) is 19.5 Å². The molecule has 0 spiro atoms. The topological polar surface area (TPSA) is 55.8 Å². The average Bonchev–Trinajstić information content (AvgIpc) is 3.39. The minimum Gasteiger partial charge on any atom is -0.481 e. The van der Waals surface area contributed by atoms with Gasteiger partial charge in [-0.3, -0.25) is 4.79 Å². The van der Waals surface area contributed by atoms with Crippen molar-refractivity contribution in [2.45, 2.75) is 64.1 Å². The van der Waals surface area contributed by atoms with Crippen molar-refractivity contribution in [3.05, 3.63) is 53.6 Å². The summed E-state index contributed by atoms with van der Waals surface area (Å²) >= 11 is 0. The van der Waals surface area contributed by atoms with E-state index in [4.69, 9.17) is 9.31 Å². The Hall–Kier alpha value is -2.11. The van der Waals surface area contributed by atoms with E-state index in [0.29, 0.717) is 0 Å². The van der Waals surface area contributed by atoms with Crippen LogP contribution in [0.1, 0.15) is 51.7 Å². The third-order valence-corrected chi connectivity index (χ3v) is 6.68. The van der Waals surface area contributed by atoms with Gasteiger partial charge in [-0.15, -0.1) is 0 Å². The Morgan fingerprint density at radius 1 is 0.964 bits per heavy atom. The van der Waals surface area contributed by atoms with E-state index in [1.165, 1.54) is 0 Å². The van der Waals surface area contributed by atoms with Crippen LogP contribution in [0.4, 0.5) is 0 Å². The van der Waals surface area contributed by atoms with Crippen LogP contribution in [0.3, 0.4) is 0 Å². The van der Waals surface area contributed by atoms with Crippen molar-refractivity contribution in [3.63, 3.8) is 0 Å². The summed E-state index contributed by atoms with van der Waals surface area (Å²) in [7, 11) is -0.370. The highest BCUT2D eigenvalue weighted by Crippen LogP contribution is 2.48. The first kappa shape index (κ1) is 19.2. The lowest BCUT2D eigenvalue weighted by Crippen LogP contribution is -2.41. The van der Waals surface area contributed by atoms with Crippen LogP contribution in [0.5, 0.6) is 0 Å². The van der Waals surface area contributed by atoms with Crippen LogP contribution in [0.25, 0.3) is 11.1 Å². The number of carboxylic acid groups (broad SMARTS) is 1. The van der Waals surface area contributed by atoms with Crippen LogP contribution in [-0.4, -0.2) is 29.4 Å². The summed E-state index contributed by atoms with van der Waals surface area (Å²) in [6.07, 6.45) is 1.45. The molecule has 0 atom stereocenters. The van der Waals surface area contributed by atoms with Crippen molar-refractivity contribution < 1.29 is 19.2 Å². The van der Waals surface area contributed by atoms with E-state index < -0.39 is 11.4 Å². The number of carbonyl (C=O) groups is 1. The molecule has 1 heterocycles. The van der Waals surface area contributed by atoms with E-state index >= 15 is 0 Å². The van der Waals surface area contributed by atoms with Crippen molar-refractivity contribution in [3.8, 4) is 11.1 Å². The second-order valence-electron chi connectivity index (χ2n) is 9.13. The molecule has 1 N–H and O–H groups in total. The maximum absolute atomic E-state index is 11.5. The number of carboxylic acids is 1. The Morgan fingerprint density at radius 2 is 1.54 bits per heavy atom. The summed E-state index contributed by atoms with van der Waals surface area (Å²) in [5, 5.41) is 9.47. The minimum atomic E-state index is -0.719. The molecule has 0 aromatic heterocycles. The molecule has 2 aromatic rings. The van der Waals surface area contributed by atoms with E-state index in [9.17, 15) is 9.90 Å². The highest BCUT2D eigenvalue weighted by molar-refractivity contribution is 6.62. The van der Waals surface area contributed by atoms with E-state index in [1.807, 2.05) is 24.3 Å². The van der Waals surface area contributed by atoms with Gasteiger partial charge in [-0.05, 0) is 75.2 Å². The van der Waals surface area contributed by atoms with Gasteiger partial charge in [0.05, 0.1) is 16.6 Å². The van der Waals surface area contributed by atoms with Crippen molar-refractivity contribution in [1.82, 2.24) is 0 Å². The number of aryl methyl sites for hydroxylation is 1. The fourth-order valence-corrected chi connectivity index (χ4v) is 3.86. The normalized spacial score (nSPS) is 21.5. The molecule has 0 amide bonds. The zero-order valence-corrected chi connectivity index (χ0v) is 17.2. The predicted octanol–water partition coefficient (Wildman–Crippen LogP) is 4.08. The minimum absolute atomic E-state index is 0.358. The lowest BCUT2D eigenvalue weighted by Gasteiger charge is -2.32. The van der Waals surface area contributed by atoms with E-state index in [2.05, 4.69) is 52.8 Å². The quantitative estimate of drug-likeness (QED) is 0.815. The van der Waals surface area contributed by atoms with Gasteiger partial charge >= 0.3 is 13.1 Å². The molecule has 2 aliphatic rings. The zero-order valence-electron chi connectivity index (χ0n) is 17.2. The number of benzene rings is 2. The van der Waals surface area contributed by atoms with Crippen LogP contribution in [0.2, 0.25) is 0 Å². The molecule has 5 heteroatoms. The molecule has 28 heavy (non-hydrogen) atoms. The van der Waals surface area contributed by atoms with Gasteiger partial charge in [0.2, 0.25) is 0 Å². The van der Waals surface area contributed by atoms with Gasteiger partial charge < -0.3 is 14.4 Å². The van der Waals surface area contributed by atoms with Gasteiger partial charge in [0, 0.05) is 0 Å². The third kappa shape index (κ3) is 2.97. The van der Waals surface area contributed by atoms with Gasteiger partial charge in [-0.25, -0.2) is 0 Å². The van der Waals surface area contributed by atoms with Crippen LogP contribution >= 0.6 is 0 Å². The lowest BCUT2D eigenvalue weighted by atomic mass is 9.77. The molecule has 1 saturated heterocycles. The molecule has 1 aliphatic carbocycles. The molecule has 4 nitrogen and oxygen atoms in total. The highest BCUT2D eigenvalue weighted by Gasteiger charge is 2.52. The van der Waals surface area contributed by atoms with Crippen molar-refractivity contribution in [1.29, 1.82) is 0 Å². The summed E-state index contributed by atoms with van der Waals surface area (Å²) in [4.78, 5) is 11.5. The smallest absolute Gasteiger partial charge is 0.481 e. The van der Waals surface area contributed by atoms with Gasteiger partial charge in [0.1, 0.15) is 0 Å². The van der Waals surface area contributed by atoms with E-state index in [1.54, 1.807) is 0 Å². The number of aliphatic carboxylic acids is 1. The van der Waals surface area contributed by atoms with E-state index in [0.717, 1.165) is 40.6 Å². The van der Waals surface area contributed by atoms with Crippen LogP contribution in [0, 0.1) is 6.92 Å². The van der Waals surface area contributed by atoms with E-state index in [-0.39, 0.29) is 18.3 Å². The van der Waals surface area contributed by atoms with Gasteiger partial charge in [0.25, 0.3) is 0 Å². The Balaban J connectivity index is 1.58. The number of hydrogen-bond donors (Lipinski definition) is 1.